The summed E-state index contributed by atoms with van der Waals surface area (Å²) in [6.45, 7) is 13.5. The molecule has 2 N–H and O–H groups in total. The minimum atomic E-state index is -1.08. The van der Waals surface area contributed by atoms with Crippen molar-refractivity contribution in [2.75, 3.05) is 0 Å². The van der Waals surface area contributed by atoms with Crippen molar-refractivity contribution in [1.82, 2.24) is 0 Å². The van der Waals surface area contributed by atoms with Crippen molar-refractivity contribution >= 4 is 8.96 Å². The Labute approximate surface area is 66.7 Å². The highest BCUT2D eigenvalue weighted by Gasteiger charge is 2.33. The number of hydrogen-bond donors (Lipinski definition) is 1. The molecule has 0 bridgehead atoms. The van der Waals surface area contributed by atoms with Crippen molar-refractivity contribution in [2.45, 2.75) is 51.6 Å². The van der Waals surface area contributed by atoms with Gasteiger partial charge in [-0.3, -0.25) is 0 Å². The van der Waals surface area contributed by atoms with Crippen LogP contribution in [0.15, 0.2) is 0 Å². The quantitative estimate of drug-likeness (QED) is 0.539. The zero-order chi connectivity index (χ0) is 8.58. The average Bonchev–Trinajstić information content (AvgIpc) is 1.59. The maximum atomic E-state index is 6.17. The first-order valence-corrected chi connectivity index (χ1v) is 5.73. The van der Waals surface area contributed by atoms with Gasteiger partial charge in [0.15, 0.2) is 0 Å². The van der Waals surface area contributed by atoms with Gasteiger partial charge in [0, 0.05) is 0 Å². The number of hydrogen-bond acceptors (Lipinski definition) is 1. The van der Waals surface area contributed by atoms with E-state index in [1.54, 1.807) is 0 Å². The van der Waals surface area contributed by atoms with Gasteiger partial charge in [-0.05, 0) is 10.1 Å². The molecule has 0 aliphatic carbocycles. The molecule has 0 radical (unpaired) electrons. The lowest BCUT2D eigenvalue weighted by atomic mass is 10.2. The van der Waals surface area contributed by atoms with Crippen molar-refractivity contribution in [1.29, 1.82) is 0 Å². The van der Waals surface area contributed by atoms with Crippen molar-refractivity contribution in [3.63, 3.8) is 0 Å². The summed E-state index contributed by atoms with van der Waals surface area (Å²) < 4.78 is 0. The van der Waals surface area contributed by atoms with Crippen LogP contribution in [0, 0.1) is 0 Å². The summed E-state index contributed by atoms with van der Waals surface area (Å²) in [5.74, 6) is 0. The fourth-order valence-electron chi connectivity index (χ4n) is 1.30. The van der Waals surface area contributed by atoms with Crippen LogP contribution in [0.4, 0.5) is 0 Å². The van der Waals surface area contributed by atoms with Crippen molar-refractivity contribution in [3.05, 3.63) is 0 Å². The normalized spacial score (nSPS) is 14.4. The van der Waals surface area contributed by atoms with Gasteiger partial charge in [0.1, 0.15) is 8.96 Å². The van der Waals surface area contributed by atoms with Crippen LogP contribution in [-0.4, -0.2) is 8.96 Å². The van der Waals surface area contributed by atoms with Gasteiger partial charge in [0.05, 0.1) is 0 Å². The van der Waals surface area contributed by atoms with E-state index in [4.69, 9.17) is 5.40 Å². The van der Waals surface area contributed by atoms with Gasteiger partial charge in [-0.15, -0.1) is 0 Å². The molecule has 10 heavy (non-hydrogen) atoms. The molecule has 0 heterocycles. The Balaban J connectivity index is 4.23. The largest absolute Gasteiger partial charge is 0.352 e. The molecule has 62 valence electrons. The second-order valence-corrected chi connectivity index (χ2v) is 9.63. The monoisotopic (exact) mass is 159 g/mol. The summed E-state index contributed by atoms with van der Waals surface area (Å²) in [6.07, 6.45) is 0. The molecule has 0 unspecified atom stereocenters. The fraction of sp³-hybridized carbons (Fsp3) is 1.00. The number of nitrogens with two attached hydrogens (primary N) is 1. The first kappa shape index (κ1) is 10.2. The van der Waals surface area contributed by atoms with Crippen LogP contribution in [0.2, 0.25) is 10.1 Å². The predicted molar refractivity (Wildman–Crippen MR) is 50.8 cm³/mol. The van der Waals surface area contributed by atoms with Crippen molar-refractivity contribution in [2.24, 2.45) is 5.40 Å². The van der Waals surface area contributed by atoms with Crippen LogP contribution >= 0.6 is 0 Å². The summed E-state index contributed by atoms with van der Waals surface area (Å²) in [5.41, 5.74) is 0. The Morgan fingerprint density at radius 3 is 1.00 bits per heavy atom. The van der Waals surface area contributed by atoms with Crippen LogP contribution in [0.3, 0.4) is 0 Å². The Kier molecular flexibility index (Phi) is 2.71. The van der Waals surface area contributed by atoms with Gasteiger partial charge in [-0.25, -0.2) is 0 Å². The van der Waals surface area contributed by atoms with E-state index in [2.05, 4.69) is 41.5 Å². The molecular weight excluding hydrogens is 138 g/mol. The van der Waals surface area contributed by atoms with Crippen LogP contribution in [0.5, 0.6) is 0 Å². The third-order valence-corrected chi connectivity index (χ3v) is 5.60. The first-order chi connectivity index (χ1) is 4.15. The molecule has 0 atom stereocenters. The molecule has 0 saturated carbocycles. The summed E-state index contributed by atoms with van der Waals surface area (Å²) >= 11 is 0. The lowest BCUT2D eigenvalue weighted by Crippen LogP contribution is -2.43. The molecule has 0 saturated heterocycles. The molecule has 0 aromatic heterocycles. The number of rotatable bonds is 0. The Bertz CT molecular complexity index is 93.4. The first-order valence-electron chi connectivity index (χ1n) is 3.91. The van der Waals surface area contributed by atoms with E-state index in [0.717, 1.165) is 0 Å². The smallest absolute Gasteiger partial charge is 0.117 e. The zero-order valence-electron chi connectivity index (χ0n) is 8.15. The van der Waals surface area contributed by atoms with Gasteiger partial charge >= 0.3 is 0 Å². The van der Waals surface area contributed by atoms with Gasteiger partial charge in [-0.2, -0.15) is 0 Å². The Morgan fingerprint density at radius 1 is 0.800 bits per heavy atom. The van der Waals surface area contributed by atoms with Crippen LogP contribution in [-0.2, 0) is 0 Å². The predicted octanol–water partition coefficient (Wildman–Crippen LogP) is 2.27. The lowest BCUT2D eigenvalue weighted by Gasteiger charge is -2.35. The molecule has 0 rings (SSSR count). The van der Waals surface area contributed by atoms with E-state index < -0.39 is 8.96 Å². The van der Waals surface area contributed by atoms with Crippen LogP contribution in [0.25, 0.3) is 0 Å². The fourth-order valence-corrected chi connectivity index (χ4v) is 3.90. The molecule has 0 amide bonds. The Morgan fingerprint density at radius 2 is 1.00 bits per heavy atom. The lowest BCUT2D eigenvalue weighted by molar-refractivity contribution is 0.641. The summed E-state index contributed by atoms with van der Waals surface area (Å²) in [7, 11) is -1.08. The van der Waals surface area contributed by atoms with E-state index in [1.807, 2.05) is 0 Å². The second-order valence-electron chi connectivity index (χ2n) is 5.21. The zero-order valence-corrected chi connectivity index (χ0v) is 9.31. The van der Waals surface area contributed by atoms with Crippen molar-refractivity contribution < 1.29 is 0 Å². The van der Waals surface area contributed by atoms with Gasteiger partial charge in [0.25, 0.3) is 0 Å². The minimum absolute atomic E-state index is 0.359. The third kappa shape index (κ3) is 2.84. The molecule has 0 aromatic rings. The highest BCUT2D eigenvalue weighted by atomic mass is 28.3. The summed E-state index contributed by atoms with van der Waals surface area (Å²) in [6, 6.07) is 0. The van der Waals surface area contributed by atoms with Gasteiger partial charge in [0.2, 0.25) is 0 Å². The van der Waals surface area contributed by atoms with Gasteiger partial charge < -0.3 is 5.40 Å². The molecule has 0 aliphatic heterocycles. The molecule has 2 heteroatoms. The topological polar surface area (TPSA) is 26.0 Å². The maximum absolute atomic E-state index is 6.17. The SMILES string of the molecule is CC(C)(C)[SiH](N)C(C)(C)C. The highest BCUT2D eigenvalue weighted by molar-refractivity contribution is 6.61. The standard InChI is InChI=1S/C8H21NSi/c1-7(2,3)10(9)8(4,5)6/h10H,9H2,1-6H3. The molecule has 0 fully saturated rings. The molecular formula is C8H21NSi. The Hall–Kier alpha value is 0.177. The molecule has 0 aromatic carbocycles. The van der Waals surface area contributed by atoms with E-state index >= 15 is 0 Å². The van der Waals surface area contributed by atoms with E-state index in [1.165, 1.54) is 0 Å². The maximum Gasteiger partial charge on any atom is 0.117 e. The van der Waals surface area contributed by atoms with Crippen LogP contribution < -0.4 is 5.40 Å². The summed E-state index contributed by atoms with van der Waals surface area (Å²) in [5, 5.41) is 6.89. The average molecular weight is 159 g/mol. The van der Waals surface area contributed by atoms with E-state index in [0.29, 0.717) is 10.1 Å². The van der Waals surface area contributed by atoms with E-state index in [-0.39, 0.29) is 0 Å². The minimum Gasteiger partial charge on any atom is -0.352 e. The second kappa shape index (κ2) is 2.66. The summed E-state index contributed by atoms with van der Waals surface area (Å²) in [4.78, 5) is 0. The highest BCUT2D eigenvalue weighted by Crippen LogP contribution is 2.38. The molecule has 0 spiro atoms. The molecule has 1 nitrogen and oxygen atoms in total. The van der Waals surface area contributed by atoms with E-state index in [9.17, 15) is 0 Å². The van der Waals surface area contributed by atoms with Crippen LogP contribution in [0.1, 0.15) is 41.5 Å². The van der Waals surface area contributed by atoms with Gasteiger partial charge in [-0.1, -0.05) is 41.5 Å². The molecule has 0 aliphatic rings. The third-order valence-electron chi connectivity index (χ3n) is 1.87. The van der Waals surface area contributed by atoms with Crippen molar-refractivity contribution in [3.8, 4) is 0 Å².